The number of rotatable bonds is 6. The summed E-state index contributed by atoms with van der Waals surface area (Å²) in [5.74, 6) is -0.247. The van der Waals surface area contributed by atoms with Crippen LogP contribution in [0.1, 0.15) is 49.8 Å². The SMILES string of the molecule is CNC(CC(C)C)C(=O)NC1(c2cc(C(F)(F)F)cc(C(F)(F)F)c2)CC1. The van der Waals surface area contributed by atoms with E-state index in [1.54, 1.807) is 7.05 Å². The third-order valence-corrected chi connectivity index (χ3v) is 4.62. The summed E-state index contributed by atoms with van der Waals surface area (Å²) in [5, 5.41) is 5.50. The highest BCUT2D eigenvalue weighted by molar-refractivity contribution is 5.83. The van der Waals surface area contributed by atoms with Gasteiger partial charge in [0.05, 0.1) is 22.7 Å². The first-order valence-electron chi connectivity index (χ1n) is 8.58. The number of alkyl halides is 6. The molecule has 2 N–H and O–H groups in total. The van der Waals surface area contributed by atoms with E-state index in [2.05, 4.69) is 10.6 Å². The summed E-state index contributed by atoms with van der Waals surface area (Å²) in [6, 6.07) is 0.908. The van der Waals surface area contributed by atoms with E-state index in [9.17, 15) is 31.1 Å². The number of hydrogen-bond donors (Lipinski definition) is 2. The lowest BCUT2D eigenvalue weighted by molar-refractivity contribution is -0.143. The van der Waals surface area contributed by atoms with Crippen LogP contribution in [0.3, 0.4) is 0 Å². The van der Waals surface area contributed by atoms with E-state index in [0.29, 0.717) is 18.6 Å². The molecule has 9 heteroatoms. The van der Waals surface area contributed by atoms with Crippen LogP contribution < -0.4 is 10.6 Å². The number of nitrogens with one attached hydrogen (secondary N) is 2. The molecular weight excluding hydrogens is 374 g/mol. The van der Waals surface area contributed by atoms with Gasteiger partial charge >= 0.3 is 12.4 Å². The molecule has 0 spiro atoms. The van der Waals surface area contributed by atoms with Crippen LogP contribution in [0, 0.1) is 5.92 Å². The average molecular weight is 396 g/mol. The first-order chi connectivity index (χ1) is 12.3. The second-order valence-electron chi connectivity index (χ2n) is 7.34. The van der Waals surface area contributed by atoms with Gasteiger partial charge < -0.3 is 10.6 Å². The maximum absolute atomic E-state index is 13.1. The fourth-order valence-corrected chi connectivity index (χ4v) is 2.99. The van der Waals surface area contributed by atoms with Gasteiger partial charge in [0.2, 0.25) is 5.91 Å². The minimum absolute atomic E-state index is 0.0938. The van der Waals surface area contributed by atoms with E-state index in [1.807, 2.05) is 13.8 Å². The van der Waals surface area contributed by atoms with Gasteiger partial charge in [0.15, 0.2) is 0 Å². The van der Waals surface area contributed by atoms with E-state index in [1.165, 1.54) is 0 Å². The van der Waals surface area contributed by atoms with Gasteiger partial charge in [-0.25, -0.2) is 0 Å². The number of hydrogen-bond acceptors (Lipinski definition) is 2. The van der Waals surface area contributed by atoms with Crippen molar-refractivity contribution in [2.45, 2.75) is 57.0 Å². The molecule has 1 aromatic carbocycles. The Labute approximate surface area is 153 Å². The topological polar surface area (TPSA) is 41.1 Å². The van der Waals surface area contributed by atoms with Gasteiger partial charge in [-0.2, -0.15) is 26.3 Å². The number of carbonyl (C=O) groups excluding carboxylic acids is 1. The highest BCUT2D eigenvalue weighted by Crippen LogP contribution is 2.48. The molecule has 152 valence electrons. The van der Waals surface area contributed by atoms with Gasteiger partial charge in [-0.3, -0.25) is 4.79 Å². The molecule has 1 aromatic rings. The van der Waals surface area contributed by atoms with Crippen molar-refractivity contribution in [2.24, 2.45) is 5.92 Å². The molecule has 3 nitrogen and oxygen atoms in total. The van der Waals surface area contributed by atoms with E-state index in [0.717, 1.165) is 0 Å². The predicted molar refractivity (Wildman–Crippen MR) is 87.8 cm³/mol. The molecule has 1 fully saturated rings. The number of benzene rings is 1. The molecule has 1 saturated carbocycles. The normalized spacial score (nSPS) is 17.7. The lowest BCUT2D eigenvalue weighted by Gasteiger charge is -2.25. The maximum Gasteiger partial charge on any atom is 0.416 e. The summed E-state index contributed by atoms with van der Waals surface area (Å²) in [7, 11) is 1.58. The maximum atomic E-state index is 13.1. The fraction of sp³-hybridized carbons (Fsp3) is 0.611. The van der Waals surface area contributed by atoms with Crippen molar-refractivity contribution in [1.82, 2.24) is 10.6 Å². The zero-order chi connectivity index (χ0) is 20.6. The van der Waals surface area contributed by atoms with Crippen LogP contribution in [-0.2, 0) is 22.7 Å². The predicted octanol–water partition coefficient (Wildman–Crippen LogP) is 4.46. The Balaban J connectivity index is 2.37. The molecule has 27 heavy (non-hydrogen) atoms. The highest BCUT2D eigenvalue weighted by atomic mass is 19.4. The Morgan fingerprint density at radius 3 is 1.85 bits per heavy atom. The van der Waals surface area contributed by atoms with Crippen molar-refractivity contribution < 1.29 is 31.1 Å². The smallest absolute Gasteiger partial charge is 0.345 e. The summed E-state index contributed by atoms with van der Waals surface area (Å²) in [4.78, 5) is 12.5. The first-order valence-corrected chi connectivity index (χ1v) is 8.58. The van der Waals surface area contributed by atoms with Crippen LogP contribution in [0.15, 0.2) is 18.2 Å². The number of halogens is 6. The summed E-state index contributed by atoms with van der Waals surface area (Å²) < 4.78 is 78.4. The van der Waals surface area contributed by atoms with Crippen LogP contribution in [-0.4, -0.2) is 19.0 Å². The van der Waals surface area contributed by atoms with Gasteiger partial charge in [-0.1, -0.05) is 13.8 Å². The molecule has 0 aliphatic heterocycles. The summed E-state index contributed by atoms with van der Waals surface area (Å²) in [5.41, 5.74) is -4.11. The summed E-state index contributed by atoms with van der Waals surface area (Å²) >= 11 is 0. The van der Waals surface area contributed by atoms with Gasteiger partial charge in [-0.15, -0.1) is 0 Å². The van der Waals surface area contributed by atoms with E-state index in [4.69, 9.17) is 0 Å². The van der Waals surface area contributed by atoms with Crippen LogP contribution in [0.2, 0.25) is 0 Å². The molecule has 2 rings (SSSR count). The monoisotopic (exact) mass is 396 g/mol. The second-order valence-corrected chi connectivity index (χ2v) is 7.34. The van der Waals surface area contributed by atoms with Crippen molar-refractivity contribution in [3.63, 3.8) is 0 Å². The van der Waals surface area contributed by atoms with Crippen LogP contribution in [0.5, 0.6) is 0 Å². The molecule has 0 radical (unpaired) electrons. The fourth-order valence-electron chi connectivity index (χ4n) is 2.99. The zero-order valence-corrected chi connectivity index (χ0v) is 15.2. The van der Waals surface area contributed by atoms with Crippen molar-refractivity contribution in [3.05, 3.63) is 34.9 Å². The lowest BCUT2D eigenvalue weighted by Crippen LogP contribution is -2.47. The Bertz CT molecular complexity index is 660. The van der Waals surface area contributed by atoms with Crippen LogP contribution in [0.25, 0.3) is 0 Å². The zero-order valence-electron chi connectivity index (χ0n) is 15.2. The van der Waals surface area contributed by atoms with Gasteiger partial charge in [-0.05, 0) is 56.0 Å². The Morgan fingerprint density at radius 1 is 1.04 bits per heavy atom. The Hall–Kier alpha value is -1.77. The Kier molecular flexibility index (Phi) is 5.85. The first kappa shape index (κ1) is 21.5. The number of likely N-dealkylation sites (N-methyl/N-ethyl adjacent to an activating group) is 1. The summed E-state index contributed by atoms with van der Waals surface area (Å²) in [6.07, 6.45) is -8.76. The highest BCUT2D eigenvalue weighted by Gasteiger charge is 2.48. The van der Waals surface area contributed by atoms with E-state index < -0.39 is 41.0 Å². The molecule has 0 aromatic heterocycles. The lowest BCUT2D eigenvalue weighted by atomic mass is 9.96. The van der Waals surface area contributed by atoms with Crippen molar-refractivity contribution in [1.29, 1.82) is 0 Å². The minimum atomic E-state index is -4.92. The van der Waals surface area contributed by atoms with Crippen molar-refractivity contribution in [3.8, 4) is 0 Å². The quantitative estimate of drug-likeness (QED) is 0.697. The third kappa shape index (κ3) is 5.15. The molecular formula is C18H22F6N2O. The minimum Gasteiger partial charge on any atom is -0.345 e. The van der Waals surface area contributed by atoms with Crippen LogP contribution in [0.4, 0.5) is 26.3 Å². The van der Waals surface area contributed by atoms with E-state index >= 15 is 0 Å². The van der Waals surface area contributed by atoms with Gasteiger partial charge in [0.25, 0.3) is 0 Å². The number of carbonyl (C=O) groups is 1. The molecule has 1 amide bonds. The summed E-state index contributed by atoms with van der Waals surface area (Å²) in [6.45, 7) is 3.82. The standard InChI is InChI=1S/C18H22F6N2O/c1-10(2)6-14(25-3)15(27)26-16(4-5-16)11-7-12(17(19,20)21)9-13(8-11)18(22,23)24/h7-10,14,25H,4-6H2,1-3H3,(H,26,27). The molecule has 0 bridgehead atoms. The molecule has 1 unspecified atom stereocenters. The van der Waals surface area contributed by atoms with Gasteiger partial charge in [0, 0.05) is 0 Å². The van der Waals surface area contributed by atoms with E-state index in [-0.39, 0.29) is 30.4 Å². The van der Waals surface area contributed by atoms with Crippen LogP contribution >= 0.6 is 0 Å². The van der Waals surface area contributed by atoms with Gasteiger partial charge in [0.1, 0.15) is 0 Å². The average Bonchev–Trinajstić information content (AvgIpc) is 3.31. The third-order valence-electron chi connectivity index (χ3n) is 4.62. The van der Waals surface area contributed by atoms with Crippen molar-refractivity contribution in [2.75, 3.05) is 7.05 Å². The largest absolute Gasteiger partial charge is 0.416 e. The molecule has 0 heterocycles. The van der Waals surface area contributed by atoms with Crippen molar-refractivity contribution >= 4 is 5.91 Å². The second kappa shape index (κ2) is 7.33. The number of amides is 1. The molecule has 1 aliphatic rings. The molecule has 1 aliphatic carbocycles. The molecule has 1 atom stereocenters. The Morgan fingerprint density at radius 2 is 1.52 bits per heavy atom. The molecule has 0 saturated heterocycles.